The number of carbonyl (C=O) groups excluding carboxylic acids is 1. The predicted molar refractivity (Wildman–Crippen MR) is 129 cm³/mol. The van der Waals surface area contributed by atoms with E-state index in [0.29, 0.717) is 23.3 Å². The van der Waals surface area contributed by atoms with E-state index in [1.54, 1.807) is 24.3 Å². The molecule has 0 aromatic heterocycles. The van der Waals surface area contributed by atoms with Gasteiger partial charge in [0.05, 0.1) is 12.7 Å². The van der Waals surface area contributed by atoms with Crippen LogP contribution in [-0.2, 0) is 13.0 Å². The summed E-state index contributed by atoms with van der Waals surface area (Å²) in [4.78, 5) is 16.3. The molecule has 0 saturated heterocycles. The van der Waals surface area contributed by atoms with Gasteiger partial charge in [0.15, 0.2) is 17.3 Å². The molecule has 0 aliphatic heterocycles. The van der Waals surface area contributed by atoms with Gasteiger partial charge in [-0.1, -0.05) is 42.5 Å². The number of hydrogen-bond acceptors (Lipinski definition) is 4. The predicted octanol–water partition coefficient (Wildman–Crippen LogP) is 6.17. The Hall–Kier alpha value is -3.69. The van der Waals surface area contributed by atoms with Gasteiger partial charge in [-0.3, -0.25) is 4.79 Å². The molecule has 0 heterocycles. The zero-order valence-electron chi connectivity index (χ0n) is 19.3. The summed E-state index contributed by atoms with van der Waals surface area (Å²) in [7, 11) is 0. The number of halogens is 1. The molecule has 34 heavy (non-hydrogen) atoms. The number of benzene rings is 3. The van der Waals surface area contributed by atoms with Gasteiger partial charge in [-0.05, 0) is 61.6 Å². The van der Waals surface area contributed by atoms with Crippen molar-refractivity contribution in [3.05, 3.63) is 101 Å². The lowest BCUT2D eigenvalue weighted by Crippen LogP contribution is -2.15. The topological polar surface area (TPSA) is 60.1 Å². The summed E-state index contributed by atoms with van der Waals surface area (Å²) in [6.07, 6.45) is 0.325. The van der Waals surface area contributed by atoms with Gasteiger partial charge in [0, 0.05) is 18.6 Å². The summed E-state index contributed by atoms with van der Waals surface area (Å²) in [5.41, 5.74) is 2.26. The number of aliphatic hydroxyl groups excluding tert-OH is 1. The zero-order valence-corrected chi connectivity index (χ0v) is 19.3. The maximum Gasteiger partial charge on any atom is 0.228 e. The van der Waals surface area contributed by atoms with E-state index in [-0.39, 0.29) is 48.9 Å². The van der Waals surface area contributed by atoms with E-state index in [0.717, 1.165) is 5.56 Å². The van der Waals surface area contributed by atoms with Gasteiger partial charge in [-0.15, -0.1) is 0 Å². The Morgan fingerprint density at radius 3 is 2.41 bits per heavy atom. The number of aliphatic hydroxyl groups is 1. The summed E-state index contributed by atoms with van der Waals surface area (Å²) in [5, 5.41) is 9.82. The maximum atomic E-state index is 14.6. The van der Waals surface area contributed by atoms with Gasteiger partial charge in [-0.25, -0.2) is 9.24 Å². The summed E-state index contributed by atoms with van der Waals surface area (Å²) in [5.74, 6) is -0.474. The first kappa shape index (κ1) is 24.9. The van der Waals surface area contributed by atoms with Gasteiger partial charge in [-0.2, -0.15) is 0 Å². The van der Waals surface area contributed by atoms with Crippen LogP contribution in [0, 0.1) is 18.3 Å². The summed E-state index contributed by atoms with van der Waals surface area (Å²) in [6.45, 7) is 11.1. The van der Waals surface area contributed by atoms with Crippen LogP contribution in [0.25, 0.3) is 4.85 Å². The highest BCUT2D eigenvalue weighted by molar-refractivity contribution is 5.97. The number of rotatable bonds is 11. The third kappa shape index (κ3) is 6.90. The minimum absolute atomic E-state index is 0.0756. The van der Waals surface area contributed by atoms with E-state index in [9.17, 15) is 14.3 Å². The number of ether oxygens (including phenoxy) is 2. The fourth-order valence-corrected chi connectivity index (χ4v) is 3.57. The average Bonchev–Trinajstić information content (AvgIpc) is 2.83. The van der Waals surface area contributed by atoms with Crippen molar-refractivity contribution in [1.29, 1.82) is 0 Å². The molecule has 6 heteroatoms. The molecular formula is C28H28FNO4. The molecule has 0 spiro atoms. The van der Waals surface area contributed by atoms with Crippen molar-refractivity contribution >= 4 is 11.5 Å². The molecule has 0 aliphatic carbocycles. The lowest BCUT2D eigenvalue weighted by atomic mass is 9.92. The molecule has 0 radical (unpaired) electrons. The highest BCUT2D eigenvalue weighted by Gasteiger charge is 2.18. The highest BCUT2D eigenvalue weighted by Crippen LogP contribution is 2.31. The fraction of sp³-hybridized carbons (Fsp3) is 0.286. The molecule has 3 aromatic rings. The SMILES string of the molecule is [C-]#[N+]c1cc(C(=O)C[C@H](CO)Cc2ccc(OCc3ccccc3)c(F)c2)ccc1OC(C)C. The minimum atomic E-state index is -0.487. The molecule has 0 unspecified atom stereocenters. The van der Waals surface area contributed by atoms with Crippen LogP contribution in [0.5, 0.6) is 11.5 Å². The van der Waals surface area contributed by atoms with Crippen LogP contribution in [0.3, 0.4) is 0 Å². The van der Waals surface area contributed by atoms with E-state index in [1.165, 1.54) is 12.1 Å². The Kier molecular flexibility index (Phi) is 8.78. The number of ketones is 1. The van der Waals surface area contributed by atoms with Gasteiger partial charge < -0.3 is 14.6 Å². The van der Waals surface area contributed by atoms with E-state index in [2.05, 4.69) is 4.85 Å². The second kappa shape index (κ2) is 12.0. The third-order valence-electron chi connectivity index (χ3n) is 5.25. The second-order valence-electron chi connectivity index (χ2n) is 8.38. The first-order valence-corrected chi connectivity index (χ1v) is 11.2. The number of carbonyl (C=O) groups is 1. The monoisotopic (exact) mass is 461 g/mol. The molecule has 3 aromatic carbocycles. The molecule has 1 atom stereocenters. The van der Waals surface area contributed by atoms with Gasteiger partial charge in [0.1, 0.15) is 12.4 Å². The largest absolute Gasteiger partial charge is 0.502 e. The molecular weight excluding hydrogens is 433 g/mol. The van der Waals surface area contributed by atoms with Crippen molar-refractivity contribution in [2.24, 2.45) is 5.92 Å². The van der Waals surface area contributed by atoms with E-state index in [1.807, 2.05) is 44.2 Å². The number of hydrogen-bond donors (Lipinski definition) is 1. The molecule has 5 nitrogen and oxygen atoms in total. The first-order chi connectivity index (χ1) is 16.4. The third-order valence-corrected chi connectivity index (χ3v) is 5.25. The van der Waals surface area contributed by atoms with Crippen molar-refractivity contribution in [3.8, 4) is 11.5 Å². The fourth-order valence-electron chi connectivity index (χ4n) is 3.57. The van der Waals surface area contributed by atoms with Crippen molar-refractivity contribution in [2.75, 3.05) is 6.61 Å². The molecule has 0 aliphatic rings. The Labute approximate surface area is 199 Å². The highest BCUT2D eigenvalue weighted by atomic mass is 19.1. The number of nitrogens with zero attached hydrogens (tertiary/aromatic N) is 1. The van der Waals surface area contributed by atoms with Gasteiger partial charge in [0.25, 0.3) is 0 Å². The zero-order chi connectivity index (χ0) is 24.5. The molecule has 0 bridgehead atoms. The van der Waals surface area contributed by atoms with Crippen molar-refractivity contribution in [3.63, 3.8) is 0 Å². The second-order valence-corrected chi connectivity index (χ2v) is 8.38. The Bertz CT molecular complexity index is 1150. The standard InChI is InChI=1S/C28H28FNO4/c1-19(2)34-28-12-10-23(16-25(28)30-3)26(32)15-22(17-31)13-21-9-11-27(24(29)14-21)33-18-20-7-5-4-6-8-20/h4-12,14,16,19,22,31H,13,15,17-18H2,1-2H3/t22-/m1/s1. The van der Waals surface area contributed by atoms with E-state index < -0.39 is 5.82 Å². The number of Topliss-reactive ketones (excluding diaryl/α,β-unsaturated/α-hetero) is 1. The smallest absolute Gasteiger partial charge is 0.228 e. The quantitative estimate of drug-likeness (QED) is 0.274. The van der Waals surface area contributed by atoms with Crippen molar-refractivity contribution in [1.82, 2.24) is 0 Å². The van der Waals surface area contributed by atoms with Crippen molar-refractivity contribution in [2.45, 2.75) is 39.4 Å². The Balaban J connectivity index is 1.63. The molecule has 3 rings (SSSR count). The van der Waals surface area contributed by atoms with Crippen LogP contribution in [0.4, 0.5) is 10.1 Å². The van der Waals surface area contributed by atoms with Crippen LogP contribution in [0.15, 0.2) is 66.7 Å². The molecule has 1 N–H and O–H groups in total. The minimum Gasteiger partial charge on any atom is -0.502 e. The van der Waals surface area contributed by atoms with Crippen LogP contribution < -0.4 is 9.47 Å². The normalized spacial score (nSPS) is 11.6. The molecule has 0 saturated carbocycles. The molecule has 0 fully saturated rings. The van der Waals surface area contributed by atoms with Gasteiger partial charge >= 0.3 is 0 Å². The maximum absolute atomic E-state index is 14.6. The van der Waals surface area contributed by atoms with E-state index in [4.69, 9.17) is 16.0 Å². The van der Waals surface area contributed by atoms with Crippen molar-refractivity contribution < 1.29 is 23.8 Å². The molecule has 176 valence electrons. The lowest BCUT2D eigenvalue weighted by Gasteiger charge is -2.16. The Morgan fingerprint density at radius 2 is 1.76 bits per heavy atom. The first-order valence-electron chi connectivity index (χ1n) is 11.2. The van der Waals surface area contributed by atoms with Crippen LogP contribution in [0.2, 0.25) is 0 Å². The van der Waals surface area contributed by atoms with E-state index >= 15 is 0 Å². The van der Waals surface area contributed by atoms with Gasteiger partial charge in [0.2, 0.25) is 5.69 Å². The summed E-state index contributed by atoms with van der Waals surface area (Å²) in [6, 6.07) is 19.0. The molecule has 0 amide bonds. The van der Waals surface area contributed by atoms with Crippen LogP contribution in [-0.4, -0.2) is 23.6 Å². The average molecular weight is 462 g/mol. The Morgan fingerprint density at radius 1 is 1.03 bits per heavy atom. The summed E-state index contributed by atoms with van der Waals surface area (Å²) >= 11 is 0. The van der Waals surface area contributed by atoms with Crippen LogP contribution >= 0.6 is 0 Å². The lowest BCUT2D eigenvalue weighted by molar-refractivity contribution is 0.0936. The summed E-state index contributed by atoms with van der Waals surface area (Å²) < 4.78 is 25.7. The van der Waals surface area contributed by atoms with Crippen LogP contribution in [0.1, 0.15) is 41.8 Å².